The van der Waals surface area contributed by atoms with Crippen molar-refractivity contribution in [2.24, 2.45) is 5.73 Å². The van der Waals surface area contributed by atoms with Gasteiger partial charge in [-0.25, -0.2) is 23.2 Å². The van der Waals surface area contributed by atoms with Crippen LogP contribution in [0.25, 0.3) is 20.3 Å². The number of nitrogens with zero attached hydrogens (tertiary/aromatic N) is 3. The first-order valence-electron chi connectivity index (χ1n) is 10.5. The Morgan fingerprint density at radius 2 is 1.95 bits per heavy atom. The van der Waals surface area contributed by atoms with Crippen molar-refractivity contribution in [3.63, 3.8) is 0 Å². The van der Waals surface area contributed by atoms with Crippen LogP contribution >= 0.6 is 34.3 Å². The highest BCUT2D eigenvalue weighted by atomic mass is 35.5. The minimum atomic E-state index is -5.08. The highest BCUT2D eigenvalue weighted by molar-refractivity contribution is 7.91. The van der Waals surface area contributed by atoms with E-state index in [1.165, 1.54) is 22.6 Å². The van der Waals surface area contributed by atoms with Gasteiger partial charge in [-0.2, -0.15) is 17.9 Å². The van der Waals surface area contributed by atoms with Crippen LogP contribution in [0, 0.1) is 0 Å². The number of nitrogens with two attached hydrogens (primary N) is 1. The van der Waals surface area contributed by atoms with Crippen molar-refractivity contribution in [3.8, 4) is 0 Å². The fourth-order valence-corrected chi connectivity index (χ4v) is 7.47. The molecule has 1 fully saturated rings. The zero-order valence-corrected chi connectivity index (χ0v) is 22.1. The normalized spacial score (nSPS) is 17.0. The Bertz CT molecular complexity index is 1590. The molecule has 1 aliphatic heterocycles. The molecule has 10 nitrogen and oxygen atoms in total. The second-order valence-corrected chi connectivity index (χ2v) is 12.5. The lowest BCUT2D eigenvalue weighted by atomic mass is 10.3. The number of alkyl halides is 3. The van der Waals surface area contributed by atoms with E-state index in [1.807, 2.05) is 6.07 Å². The number of fused-ring (bicyclic) bond motifs is 2. The lowest BCUT2D eigenvalue weighted by molar-refractivity contribution is -0.192. The quantitative estimate of drug-likeness (QED) is 0.310. The van der Waals surface area contributed by atoms with Crippen LogP contribution in [-0.2, 0) is 19.6 Å². The molecule has 1 saturated heterocycles. The fraction of sp³-hybridized carbons (Fsp3) is 0.238. The van der Waals surface area contributed by atoms with Crippen molar-refractivity contribution in [3.05, 3.63) is 52.8 Å². The number of carbonyl (C=O) groups excluding carboxylic acids is 1. The first-order valence-corrected chi connectivity index (χ1v) is 14.0. The average Bonchev–Trinajstić information content (AvgIpc) is 3.55. The summed E-state index contributed by atoms with van der Waals surface area (Å²) in [6.45, 7) is 0.356. The highest BCUT2D eigenvalue weighted by Gasteiger charge is 2.39. The molecule has 5 rings (SSSR count). The molecule has 1 aliphatic rings. The van der Waals surface area contributed by atoms with E-state index in [0.29, 0.717) is 18.0 Å². The van der Waals surface area contributed by atoms with Crippen LogP contribution in [0.1, 0.15) is 17.5 Å². The maximum absolute atomic E-state index is 12.9. The Hall–Kier alpha value is -2.89. The Morgan fingerprint density at radius 1 is 1.24 bits per heavy atom. The number of rotatable bonds is 5. The number of sulfonamides is 1. The molecule has 38 heavy (non-hydrogen) atoms. The summed E-state index contributed by atoms with van der Waals surface area (Å²) in [5.74, 6) is -3.10. The van der Waals surface area contributed by atoms with Crippen molar-refractivity contribution < 1.29 is 36.3 Å². The molecule has 17 heteroatoms. The van der Waals surface area contributed by atoms with Crippen LogP contribution in [0.5, 0.6) is 0 Å². The van der Waals surface area contributed by atoms with Crippen LogP contribution in [0.3, 0.4) is 0 Å². The van der Waals surface area contributed by atoms with E-state index in [9.17, 15) is 26.4 Å². The summed E-state index contributed by atoms with van der Waals surface area (Å²) in [6.07, 6.45) is -2.26. The minimum Gasteiger partial charge on any atom is -0.475 e. The van der Waals surface area contributed by atoms with Crippen molar-refractivity contribution in [2.75, 3.05) is 6.54 Å². The molecular weight excluding hydrogens is 591 g/mol. The molecule has 0 aliphatic carbocycles. The number of nitrogens with one attached hydrogen (secondary N) is 1. The van der Waals surface area contributed by atoms with Crippen molar-refractivity contribution >= 4 is 76.5 Å². The number of hydrogen-bond donors (Lipinski definition) is 3. The Kier molecular flexibility index (Phi) is 7.92. The van der Waals surface area contributed by atoms with Gasteiger partial charge in [0.15, 0.2) is 0 Å². The van der Waals surface area contributed by atoms with Gasteiger partial charge in [-0.15, -0.1) is 22.7 Å². The molecule has 0 radical (unpaired) electrons. The number of carbonyl (C=O) groups is 2. The molecule has 1 amide bonds. The topological polar surface area (TPSA) is 156 Å². The standard InChI is InChI=1S/C19H16ClN5O3S3.C2HF3O2/c20-11-2-1-10-5-17(30-14(10)6-11)31(27,28)24-12-3-4-25(19(12)26)18(21)15-7-13-16(29-15)8-22-9-23-13;3-2(4,5)1(6)7/h1-2,5-9,12,18,24H,3-4,21H2;(H,6,7)/t12-,18?;/m0./s1. The van der Waals surface area contributed by atoms with Crippen LogP contribution < -0.4 is 10.5 Å². The van der Waals surface area contributed by atoms with Gasteiger partial charge in [0.2, 0.25) is 5.91 Å². The van der Waals surface area contributed by atoms with E-state index >= 15 is 0 Å². The van der Waals surface area contributed by atoms with Crippen LogP contribution in [0.2, 0.25) is 5.02 Å². The van der Waals surface area contributed by atoms with Gasteiger partial charge in [0, 0.05) is 27.3 Å². The summed E-state index contributed by atoms with van der Waals surface area (Å²) in [6, 6.07) is 7.75. The lowest BCUT2D eigenvalue weighted by Crippen LogP contribution is -2.43. The average molecular weight is 608 g/mol. The van der Waals surface area contributed by atoms with E-state index in [1.54, 1.807) is 30.5 Å². The van der Waals surface area contributed by atoms with Crippen LogP contribution in [0.4, 0.5) is 13.2 Å². The Morgan fingerprint density at radius 3 is 2.61 bits per heavy atom. The Balaban J connectivity index is 0.000000426. The lowest BCUT2D eigenvalue weighted by Gasteiger charge is -2.23. The van der Waals surface area contributed by atoms with Gasteiger partial charge >= 0.3 is 12.1 Å². The van der Waals surface area contributed by atoms with Gasteiger partial charge in [0.25, 0.3) is 10.0 Å². The highest BCUT2D eigenvalue weighted by Crippen LogP contribution is 2.33. The number of carboxylic acid groups (broad SMARTS) is 1. The summed E-state index contributed by atoms with van der Waals surface area (Å²) < 4.78 is 61.9. The van der Waals surface area contributed by atoms with E-state index in [-0.39, 0.29) is 10.1 Å². The van der Waals surface area contributed by atoms with Crippen molar-refractivity contribution in [1.82, 2.24) is 19.6 Å². The van der Waals surface area contributed by atoms with Crippen molar-refractivity contribution in [2.45, 2.75) is 29.0 Å². The molecule has 1 unspecified atom stereocenters. The molecule has 4 N–H and O–H groups in total. The number of carboxylic acids is 1. The molecular formula is C21H17ClF3N5O5S3. The summed E-state index contributed by atoms with van der Waals surface area (Å²) in [5.41, 5.74) is 7.10. The number of aromatic nitrogens is 2. The van der Waals surface area contributed by atoms with Gasteiger partial charge < -0.3 is 15.7 Å². The maximum Gasteiger partial charge on any atom is 0.490 e. The van der Waals surface area contributed by atoms with Gasteiger partial charge in [0.05, 0.1) is 10.2 Å². The zero-order valence-electron chi connectivity index (χ0n) is 18.8. The van der Waals surface area contributed by atoms with Gasteiger partial charge in [-0.3, -0.25) is 4.79 Å². The monoisotopic (exact) mass is 607 g/mol. The molecule has 2 atom stereocenters. The van der Waals surface area contributed by atoms with E-state index < -0.39 is 34.4 Å². The molecule has 202 valence electrons. The van der Waals surface area contributed by atoms with Gasteiger partial charge in [0.1, 0.15) is 22.7 Å². The van der Waals surface area contributed by atoms with Crippen LogP contribution in [0.15, 0.2) is 47.1 Å². The number of hydrogen-bond acceptors (Lipinski definition) is 9. The first-order chi connectivity index (χ1) is 17.8. The third-order valence-electron chi connectivity index (χ3n) is 5.35. The summed E-state index contributed by atoms with van der Waals surface area (Å²) >= 11 is 8.52. The summed E-state index contributed by atoms with van der Waals surface area (Å²) in [4.78, 5) is 32.3. The molecule has 0 spiro atoms. The molecule has 1 aromatic carbocycles. The van der Waals surface area contributed by atoms with Crippen LogP contribution in [-0.4, -0.2) is 59.0 Å². The van der Waals surface area contributed by atoms with E-state index in [4.69, 9.17) is 27.2 Å². The fourth-order valence-electron chi connectivity index (χ4n) is 3.55. The number of halogens is 4. The second kappa shape index (κ2) is 10.7. The predicted octanol–water partition coefficient (Wildman–Crippen LogP) is 3.73. The van der Waals surface area contributed by atoms with E-state index in [2.05, 4.69) is 14.7 Å². The number of benzene rings is 1. The predicted molar refractivity (Wildman–Crippen MR) is 135 cm³/mol. The molecule has 0 bridgehead atoms. The third kappa shape index (κ3) is 6.05. The van der Waals surface area contributed by atoms with Crippen molar-refractivity contribution in [1.29, 1.82) is 0 Å². The first kappa shape index (κ1) is 28.1. The zero-order chi connectivity index (χ0) is 27.8. The molecule has 0 saturated carbocycles. The number of amides is 1. The third-order valence-corrected chi connectivity index (χ3v) is 9.75. The summed E-state index contributed by atoms with van der Waals surface area (Å²) in [7, 11) is -3.86. The van der Waals surface area contributed by atoms with Gasteiger partial charge in [-0.1, -0.05) is 17.7 Å². The molecule has 4 aromatic rings. The second-order valence-electron chi connectivity index (χ2n) is 7.91. The SMILES string of the molecule is NC(c1cc2ncncc2s1)N1CC[C@H](NS(=O)(=O)c2cc3ccc(Cl)cc3s2)C1=O.O=C(O)C(F)(F)F. The Labute approximate surface area is 225 Å². The van der Waals surface area contributed by atoms with Gasteiger partial charge in [-0.05, 0) is 36.1 Å². The largest absolute Gasteiger partial charge is 0.490 e. The maximum atomic E-state index is 12.9. The van der Waals surface area contributed by atoms with E-state index in [0.717, 1.165) is 36.5 Å². The molecule has 4 heterocycles. The number of likely N-dealkylation sites (tertiary alicyclic amines) is 1. The smallest absolute Gasteiger partial charge is 0.475 e. The molecule has 3 aromatic heterocycles. The number of thiophene rings is 2. The number of aliphatic carboxylic acids is 1. The summed E-state index contributed by atoms with van der Waals surface area (Å²) in [5, 5.41) is 8.44. The minimum absolute atomic E-state index is 0.142.